The number of aromatic nitrogens is 1. The van der Waals surface area contributed by atoms with Gasteiger partial charge in [-0.3, -0.25) is 14.6 Å². The van der Waals surface area contributed by atoms with Crippen molar-refractivity contribution in [3.63, 3.8) is 0 Å². The molecule has 0 bridgehead atoms. The van der Waals surface area contributed by atoms with Crippen LogP contribution in [0.25, 0.3) is 0 Å². The van der Waals surface area contributed by atoms with E-state index >= 15 is 0 Å². The summed E-state index contributed by atoms with van der Waals surface area (Å²) in [5.41, 5.74) is 1.29. The highest BCUT2D eigenvalue weighted by molar-refractivity contribution is 5.92. The Balaban J connectivity index is 2.67. The summed E-state index contributed by atoms with van der Waals surface area (Å²) in [4.78, 5) is 27.4. The fraction of sp³-hybridized carbons (Fsp3) is 0.364. The van der Waals surface area contributed by atoms with Crippen molar-refractivity contribution >= 4 is 11.9 Å². The van der Waals surface area contributed by atoms with Crippen LogP contribution in [0.5, 0.6) is 0 Å². The largest absolute Gasteiger partial charge is 0.481 e. The zero-order valence-electron chi connectivity index (χ0n) is 9.30. The number of hydrogen-bond donors (Lipinski definition) is 1. The smallest absolute Gasteiger partial charge is 0.305 e. The Hall–Kier alpha value is -1.91. The summed E-state index contributed by atoms with van der Waals surface area (Å²) in [6.45, 7) is 2.06. The number of aliphatic carboxylic acids is 1. The van der Waals surface area contributed by atoms with E-state index in [0.717, 1.165) is 5.56 Å². The van der Waals surface area contributed by atoms with Crippen LogP contribution in [0.1, 0.15) is 22.5 Å². The van der Waals surface area contributed by atoms with Gasteiger partial charge in [-0.1, -0.05) is 0 Å². The van der Waals surface area contributed by atoms with Crippen molar-refractivity contribution < 1.29 is 14.7 Å². The van der Waals surface area contributed by atoms with Gasteiger partial charge in [-0.15, -0.1) is 0 Å². The molecule has 0 saturated heterocycles. The van der Waals surface area contributed by atoms with Crippen LogP contribution >= 0.6 is 0 Å². The third kappa shape index (κ3) is 3.34. The number of carboxylic acid groups (broad SMARTS) is 1. The predicted octanol–water partition coefficient (Wildman–Crippen LogP) is 0.937. The van der Waals surface area contributed by atoms with Gasteiger partial charge in [0.1, 0.15) is 5.69 Å². The number of hydrogen-bond acceptors (Lipinski definition) is 3. The summed E-state index contributed by atoms with van der Waals surface area (Å²) in [7, 11) is 1.56. The first-order valence-corrected chi connectivity index (χ1v) is 4.90. The van der Waals surface area contributed by atoms with E-state index < -0.39 is 5.97 Å². The maximum atomic E-state index is 11.8. The second-order valence-electron chi connectivity index (χ2n) is 3.59. The van der Waals surface area contributed by atoms with Crippen molar-refractivity contribution in [2.75, 3.05) is 13.6 Å². The van der Waals surface area contributed by atoms with Gasteiger partial charge in [0.05, 0.1) is 6.42 Å². The van der Waals surface area contributed by atoms with Crippen molar-refractivity contribution in [2.45, 2.75) is 13.3 Å². The normalized spacial score (nSPS) is 9.88. The van der Waals surface area contributed by atoms with Gasteiger partial charge >= 0.3 is 5.97 Å². The van der Waals surface area contributed by atoms with Crippen LogP contribution in [0, 0.1) is 6.92 Å². The van der Waals surface area contributed by atoms with Gasteiger partial charge in [-0.25, -0.2) is 0 Å². The van der Waals surface area contributed by atoms with E-state index in [1.807, 2.05) is 6.92 Å². The molecular formula is C11H14N2O3. The topological polar surface area (TPSA) is 70.5 Å². The lowest BCUT2D eigenvalue weighted by atomic mass is 10.2. The highest BCUT2D eigenvalue weighted by atomic mass is 16.4. The number of nitrogens with zero attached hydrogens (tertiary/aromatic N) is 2. The van der Waals surface area contributed by atoms with E-state index in [2.05, 4.69) is 4.98 Å². The van der Waals surface area contributed by atoms with E-state index in [4.69, 9.17) is 5.11 Å². The molecule has 1 heterocycles. The maximum absolute atomic E-state index is 11.8. The van der Waals surface area contributed by atoms with Crippen molar-refractivity contribution in [3.05, 3.63) is 29.6 Å². The molecule has 0 unspecified atom stereocenters. The molecule has 86 valence electrons. The Morgan fingerprint density at radius 1 is 1.50 bits per heavy atom. The molecule has 0 aliphatic heterocycles. The van der Waals surface area contributed by atoms with Crippen LogP contribution in [0.3, 0.4) is 0 Å². The van der Waals surface area contributed by atoms with Gasteiger partial charge in [-0.05, 0) is 24.6 Å². The van der Waals surface area contributed by atoms with Gasteiger partial charge in [-0.2, -0.15) is 0 Å². The number of pyridine rings is 1. The second-order valence-corrected chi connectivity index (χ2v) is 3.59. The lowest BCUT2D eigenvalue weighted by molar-refractivity contribution is -0.137. The van der Waals surface area contributed by atoms with Crippen LogP contribution in [-0.4, -0.2) is 40.5 Å². The molecule has 1 aromatic heterocycles. The molecule has 1 aromatic rings. The quantitative estimate of drug-likeness (QED) is 0.822. The Bertz CT molecular complexity index is 404. The fourth-order valence-corrected chi connectivity index (χ4v) is 1.21. The van der Waals surface area contributed by atoms with Crippen LogP contribution in [0.15, 0.2) is 18.3 Å². The highest BCUT2D eigenvalue weighted by Gasteiger charge is 2.13. The van der Waals surface area contributed by atoms with Crippen molar-refractivity contribution in [2.24, 2.45) is 0 Å². The lowest BCUT2D eigenvalue weighted by Crippen LogP contribution is -2.29. The Labute approximate surface area is 93.7 Å². The number of rotatable bonds is 4. The van der Waals surface area contributed by atoms with Crippen molar-refractivity contribution in [1.29, 1.82) is 0 Å². The van der Waals surface area contributed by atoms with Crippen molar-refractivity contribution in [1.82, 2.24) is 9.88 Å². The molecule has 0 aliphatic carbocycles. The van der Waals surface area contributed by atoms with Crippen LogP contribution in [0.2, 0.25) is 0 Å². The van der Waals surface area contributed by atoms with Gasteiger partial charge in [0, 0.05) is 19.8 Å². The van der Waals surface area contributed by atoms with Gasteiger partial charge in [0.25, 0.3) is 5.91 Å². The molecule has 1 amide bonds. The molecular weight excluding hydrogens is 208 g/mol. The average molecular weight is 222 g/mol. The average Bonchev–Trinajstić information content (AvgIpc) is 2.24. The molecule has 0 aromatic carbocycles. The maximum Gasteiger partial charge on any atom is 0.305 e. The number of carboxylic acids is 1. The Morgan fingerprint density at radius 2 is 2.19 bits per heavy atom. The zero-order chi connectivity index (χ0) is 12.1. The van der Waals surface area contributed by atoms with E-state index in [-0.39, 0.29) is 18.9 Å². The summed E-state index contributed by atoms with van der Waals surface area (Å²) >= 11 is 0. The molecule has 0 aliphatic rings. The summed E-state index contributed by atoms with van der Waals surface area (Å²) in [5, 5.41) is 8.51. The first-order chi connectivity index (χ1) is 7.50. The van der Waals surface area contributed by atoms with Crippen LogP contribution in [-0.2, 0) is 4.79 Å². The van der Waals surface area contributed by atoms with Crippen LogP contribution in [0.4, 0.5) is 0 Å². The van der Waals surface area contributed by atoms with E-state index in [1.54, 1.807) is 25.4 Å². The Kier molecular flexibility index (Phi) is 3.99. The monoisotopic (exact) mass is 222 g/mol. The molecule has 0 saturated carbocycles. The van der Waals surface area contributed by atoms with E-state index in [1.165, 1.54) is 4.90 Å². The Morgan fingerprint density at radius 3 is 2.75 bits per heavy atom. The summed E-state index contributed by atoms with van der Waals surface area (Å²) in [6, 6.07) is 3.48. The number of carbonyl (C=O) groups is 2. The molecule has 5 nitrogen and oxygen atoms in total. The minimum Gasteiger partial charge on any atom is -0.481 e. The predicted molar refractivity (Wildman–Crippen MR) is 58.2 cm³/mol. The minimum atomic E-state index is -0.920. The first kappa shape index (κ1) is 12.2. The highest BCUT2D eigenvalue weighted by Crippen LogP contribution is 2.03. The third-order valence-electron chi connectivity index (χ3n) is 2.14. The van der Waals surface area contributed by atoms with Gasteiger partial charge < -0.3 is 10.0 Å². The molecule has 0 fully saturated rings. The molecule has 0 atom stereocenters. The summed E-state index contributed by atoms with van der Waals surface area (Å²) in [6.07, 6.45) is 1.50. The van der Waals surface area contributed by atoms with Crippen LogP contribution < -0.4 is 0 Å². The number of aryl methyl sites for hydroxylation is 1. The third-order valence-corrected chi connectivity index (χ3v) is 2.14. The molecule has 5 heteroatoms. The lowest BCUT2D eigenvalue weighted by Gasteiger charge is -2.15. The van der Waals surface area contributed by atoms with Gasteiger partial charge in [0.15, 0.2) is 0 Å². The standard InChI is InChI=1S/C11H14N2O3/c1-8-3-5-12-9(7-8)11(16)13(2)6-4-10(14)15/h3,5,7H,4,6H2,1-2H3,(H,14,15). The zero-order valence-corrected chi connectivity index (χ0v) is 9.30. The molecule has 1 rings (SSSR count). The second kappa shape index (κ2) is 5.25. The molecule has 0 radical (unpaired) electrons. The molecule has 0 spiro atoms. The summed E-state index contributed by atoms with van der Waals surface area (Å²) in [5.74, 6) is -1.18. The van der Waals surface area contributed by atoms with Crippen molar-refractivity contribution in [3.8, 4) is 0 Å². The number of carbonyl (C=O) groups excluding carboxylic acids is 1. The SMILES string of the molecule is Cc1ccnc(C(=O)N(C)CCC(=O)O)c1. The van der Waals surface area contributed by atoms with E-state index in [0.29, 0.717) is 5.69 Å². The first-order valence-electron chi connectivity index (χ1n) is 4.90. The minimum absolute atomic E-state index is 0.0615. The summed E-state index contributed by atoms with van der Waals surface area (Å²) < 4.78 is 0. The fourth-order valence-electron chi connectivity index (χ4n) is 1.21. The van der Waals surface area contributed by atoms with E-state index in [9.17, 15) is 9.59 Å². The molecule has 16 heavy (non-hydrogen) atoms. The molecule has 1 N–H and O–H groups in total. The van der Waals surface area contributed by atoms with Gasteiger partial charge in [0.2, 0.25) is 0 Å². The number of amides is 1.